The first-order chi connectivity index (χ1) is 14.8. The molecule has 4 aromatic rings. The van der Waals surface area contributed by atoms with Gasteiger partial charge in [-0.05, 0) is 65.6 Å². The molecular formula is C24H26ClN5O. The lowest BCUT2D eigenvalue weighted by Crippen LogP contribution is -2.25. The molecule has 1 aromatic heterocycles. The number of hydrogen-bond donors (Lipinski definition) is 1. The van der Waals surface area contributed by atoms with Crippen molar-refractivity contribution in [1.82, 2.24) is 25.5 Å². The molecule has 160 valence electrons. The third kappa shape index (κ3) is 6.38. The van der Waals surface area contributed by atoms with Crippen LogP contribution in [-0.2, 0) is 13.0 Å². The van der Waals surface area contributed by atoms with Gasteiger partial charge in [0.2, 0.25) is 0 Å². The summed E-state index contributed by atoms with van der Waals surface area (Å²) in [6.45, 7) is 2.99. The van der Waals surface area contributed by atoms with Crippen LogP contribution in [0.3, 0.4) is 0 Å². The van der Waals surface area contributed by atoms with E-state index in [1.54, 1.807) is 4.68 Å². The smallest absolute Gasteiger partial charge is 0.345 e. The van der Waals surface area contributed by atoms with E-state index in [-0.39, 0.29) is 12.4 Å². The molecule has 0 bridgehead atoms. The van der Waals surface area contributed by atoms with Crippen LogP contribution in [0.15, 0.2) is 84.9 Å². The van der Waals surface area contributed by atoms with Crippen molar-refractivity contribution in [3.05, 3.63) is 96.1 Å². The Bertz CT molecular complexity index is 1060. The molecule has 1 N–H and O–H groups in total. The number of nitrogens with one attached hydrogen (secondary N) is 1. The van der Waals surface area contributed by atoms with Gasteiger partial charge in [-0.3, -0.25) is 0 Å². The molecule has 0 spiro atoms. The van der Waals surface area contributed by atoms with Gasteiger partial charge in [0.1, 0.15) is 5.75 Å². The van der Waals surface area contributed by atoms with E-state index in [1.165, 1.54) is 5.56 Å². The number of ether oxygens (including phenoxy) is 1. The summed E-state index contributed by atoms with van der Waals surface area (Å²) in [4.78, 5) is 0. The van der Waals surface area contributed by atoms with Crippen LogP contribution in [-0.4, -0.2) is 26.2 Å². The number of hydrogen-bond acceptors (Lipinski definition) is 5. The molecule has 31 heavy (non-hydrogen) atoms. The molecule has 0 amide bonds. The molecule has 6 nitrogen and oxygen atoms in total. The normalized spacial score (nSPS) is 11.5. The standard InChI is InChI=1S/C24H25N5O.ClH/c1-19(15-16-20-9-4-2-5-10-20)25-18-21-11-8-14-23(17-21)30-24-26-27-28-29(24)22-12-6-3-7-13-22;/h2-14,17,19,25H,15-16,18H2,1H3;1H. The minimum atomic E-state index is 0. The lowest BCUT2D eigenvalue weighted by Gasteiger charge is -2.14. The van der Waals surface area contributed by atoms with Crippen molar-refractivity contribution in [3.63, 3.8) is 0 Å². The van der Waals surface area contributed by atoms with E-state index < -0.39 is 0 Å². The van der Waals surface area contributed by atoms with Gasteiger partial charge in [0.25, 0.3) is 0 Å². The molecule has 4 rings (SSSR count). The summed E-state index contributed by atoms with van der Waals surface area (Å²) < 4.78 is 7.54. The Morgan fingerprint density at radius 3 is 2.39 bits per heavy atom. The third-order valence-corrected chi connectivity index (χ3v) is 4.91. The summed E-state index contributed by atoms with van der Waals surface area (Å²) in [7, 11) is 0. The maximum atomic E-state index is 5.96. The first-order valence-corrected chi connectivity index (χ1v) is 10.2. The molecule has 0 saturated carbocycles. The van der Waals surface area contributed by atoms with Gasteiger partial charge >= 0.3 is 6.01 Å². The van der Waals surface area contributed by atoms with Crippen molar-refractivity contribution < 1.29 is 4.74 Å². The van der Waals surface area contributed by atoms with Gasteiger partial charge < -0.3 is 10.1 Å². The number of aryl methyl sites for hydroxylation is 1. The Balaban J connectivity index is 0.00000272. The minimum absolute atomic E-state index is 0. The van der Waals surface area contributed by atoms with Crippen LogP contribution < -0.4 is 10.1 Å². The number of halogens is 1. The van der Waals surface area contributed by atoms with E-state index in [1.807, 2.05) is 48.5 Å². The van der Waals surface area contributed by atoms with Crippen LogP contribution in [0.1, 0.15) is 24.5 Å². The number of benzene rings is 3. The van der Waals surface area contributed by atoms with Gasteiger partial charge in [-0.15, -0.1) is 12.4 Å². The predicted octanol–water partition coefficient (Wildman–Crippen LogP) is 4.99. The zero-order chi connectivity index (χ0) is 20.6. The zero-order valence-electron chi connectivity index (χ0n) is 17.4. The second kappa shape index (κ2) is 11.2. The molecule has 1 atom stereocenters. The Morgan fingerprint density at radius 2 is 1.61 bits per heavy atom. The molecule has 7 heteroatoms. The number of para-hydroxylation sites is 1. The molecule has 1 heterocycles. The summed E-state index contributed by atoms with van der Waals surface area (Å²) in [5.74, 6) is 0.707. The van der Waals surface area contributed by atoms with Crippen molar-refractivity contribution in [1.29, 1.82) is 0 Å². The van der Waals surface area contributed by atoms with Crippen molar-refractivity contribution in [2.75, 3.05) is 0 Å². The van der Waals surface area contributed by atoms with Crippen LogP contribution in [0.5, 0.6) is 11.8 Å². The van der Waals surface area contributed by atoms with Gasteiger partial charge in [0.05, 0.1) is 5.69 Å². The Kier molecular flexibility index (Phi) is 8.15. The van der Waals surface area contributed by atoms with Crippen LogP contribution in [0.25, 0.3) is 5.69 Å². The summed E-state index contributed by atoms with van der Waals surface area (Å²) in [5.41, 5.74) is 3.37. The molecule has 0 radical (unpaired) electrons. The first kappa shape index (κ1) is 22.5. The van der Waals surface area contributed by atoms with Gasteiger partial charge in [0, 0.05) is 12.6 Å². The molecular weight excluding hydrogens is 410 g/mol. The topological polar surface area (TPSA) is 64.9 Å². The largest absolute Gasteiger partial charge is 0.423 e. The Morgan fingerprint density at radius 1 is 0.903 bits per heavy atom. The highest BCUT2D eigenvalue weighted by Gasteiger charge is 2.11. The van der Waals surface area contributed by atoms with Gasteiger partial charge in [-0.1, -0.05) is 65.8 Å². The maximum Gasteiger partial charge on any atom is 0.345 e. The lowest BCUT2D eigenvalue weighted by atomic mass is 10.1. The molecule has 3 aromatic carbocycles. The quantitative estimate of drug-likeness (QED) is 0.401. The fourth-order valence-corrected chi connectivity index (χ4v) is 3.22. The minimum Gasteiger partial charge on any atom is -0.423 e. The van der Waals surface area contributed by atoms with Gasteiger partial charge in [0.15, 0.2) is 0 Å². The highest BCUT2D eigenvalue weighted by molar-refractivity contribution is 5.85. The van der Waals surface area contributed by atoms with Crippen LogP contribution >= 0.6 is 12.4 Å². The first-order valence-electron chi connectivity index (χ1n) is 10.2. The Labute approximate surface area is 188 Å². The highest BCUT2D eigenvalue weighted by atomic mass is 35.5. The Hall–Kier alpha value is -3.22. The summed E-state index contributed by atoms with van der Waals surface area (Å²) in [6, 6.07) is 29.0. The summed E-state index contributed by atoms with van der Waals surface area (Å²) in [5, 5.41) is 15.4. The van der Waals surface area contributed by atoms with E-state index >= 15 is 0 Å². The zero-order valence-corrected chi connectivity index (χ0v) is 18.2. The summed E-state index contributed by atoms with van der Waals surface area (Å²) in [6.07, 6.45) is 2.16. The van der Waals surface area contributed by atoms with E-state index in [0.717, 1.165) is 30.6 Å². The second-order valence-corrected chi connectivity index (χ2v) is 7.26. The predicted molar refractivity (Wildman–Crippen MR) is 124 cm³/mol. The monoisotopic (exact) mass is 435 g/mol. The fraction of sp³-hybridized carbons (Fsp3) is 0.208. The number of nitrogens with zero attached hydrogens (tertiary/aromatic N) is 4. The van der Waals surface area contributed by atoms with Crippen LogP contribution in [0.4, 0.5) is 0 Å². The molecule has 1 unspecified atom stereocenters. The van der Waals surface area contributed by atoms with Crippen LogP contribution in [0.2, 0.25) is 0 Å². The lowest BCUT2D eigenvalue weighted by molar-refractivity contribution is 0.426. The number of rotatable bonds is 9. The average Bonchev–Trinajstić information content (AvgIpc) is 3.26. The van der Waals surface area contributed by atoms with Crippen molar-refractivity contribution in [2.24, 2.45) is 0 Å². The SMILES string of the molecule is CC(CCc1ccccc1)NCc1cccc(Oc2nnnn2-c2ccccc2)c1.Cl. The molecule has 0 fully saturated rings. The highest BCUT2D eigenvalue weighted by Crippen LogP contribution is 2.22. The van der Waals surface area contributed by atoms with Crippen molar-refractivity contribution >= 4 is 12.4 Å². The van der Waals surface area contributed by atoms with Crippen molar-refractivity contribution in [2.45, 2.75) is 32.4 Å². The molecule has 0 aliphatic rings. The number of aromatic nitrogens is 4. The maximum absolute atomic E-state index is 5.96. The fourth-order valence-electron chi connectivity index (χ4n) is 3.22. The van der Waals surface area contributed by atoms with E-state index in [2.05, 4.69) is 64.2 Å². The average molecular weight is 436 g/mol. The van der Waals surface area contributed by atoms with E-state index in [4.69, 9.17) is 4.74 Å². The van der Waals surface area contributed by atoms with Crippen molar-refractivity contribution in [3.8, 4) is 17.4 Å². The van der Waals surface area contributed by atoms with E-state index in [0.29, 0.717) is 17.8 Å². The second-order valence-electron chi connectivity index (χ2n) is 7.26. The molecule has 0 saturated heterocycles. The van der Waals surface area contributed by atoms with Crippen LogP contribution in [0, 0.1) is 0 Å². The van der Waals surface area contributed by atoms with Gasteiger partial charge in [-0.2, -0.15) is 4.68 Å². The molecule has 0 aliphatic carbocycles. The molecule has 0 aliphatic heterocycles. The number of tetrazole rings is 1. The van der Waals surface area contributed by atoms with Gasteiger partial charge in [-0.25, -0.2) is 0 Å². The third-order valence-electron chi connectivity index (χ3n) is 4.91. The summed E-state index contributed by atoms with van der Waals surface area (Å²) >= 11 is 0. The van der Waals surface area contributed by atoms with E-state index in [9.17, 15) is 0 Å².